The predicted octanol–water partition coefficient (Wildman–Crippen LogP) is 0.742. The minimum absolute atomic E-state index is 0.0949. The van der Waals surface area contributed by atoms with E-state index in [-0.39, 0.29) is 11.5 Å². The second-order valence-electron chi connectivity index (χ2n) is 4.32. The summed E-state index contributed by atoms with van der Waals surface area (Å²) < 4.78 is 0. The van der Waals surface area contributed by atoms with Crippen LogP contribution in [0.4, 0.5) is 0 Å². The summed E-state index contributed by atoms with van der Waals surface area (Å²) in [5.41, 5.74) is 5.79. The zero-order chi connectivity index (χ0) is 8.06. The third kappa shape index (κ3) is 1.00. The van der Waals surface area contributed by atoms with Crippen LogP contribution in [0.1, 0.15) is 26.2 Å². The molecule has 2 heteroatoms. The molecule has 2 saturated carbocycles. The van der Waals surface area contributed by atoms with E-state index in [4.69, 9.17) is 5.73 Å². The van der Waals surface area contributed by atoms with Crippen molar-refractivity contribution in [2.75, 3.05) is 6.54 Å². The van der Waals surface area contributed by atoms with Crippen LogP contribution in [0.15, 0.2) is 0 Å². The third-order valence-corrected chi connectivity index (χ3v) is 3.55. The first-order valence-corrected chi connectivity index (χ1v) is 4.59. The minimum Gasteiger partial charge on any atom is -0.392 e. The normalized spacial score (nSPS) is 45.5. The molecular formula is C9H17NO. The third-order valence-electron chi connectivity index (χ3n) is 3.55. The largest absolute Gasteiger partial charge is 0.392 e. The summed E-state index contributed by atoms with van der Waals surface area (Å²) in [5.74, 6) is 1.24. The lowest BCUT2D eigenvalue weighted by molar-refractivity contribution is 0.0684. The van der Waals surface area contributed by atoms with E-state index in [1.54, 1.807) is 0 Å². The van der Waals surface area contributed by atoms with Crippen molar-refractivity contribution in [1.82, 2.24) is 0 Å². The van der Waals surface area contributed by atoms with Gasteiger partial charge in [-0.25, -0.2) is 0 Å². The van der Waals surface area contributed by atoms with Crippen LogP contribution in [0, 0.1) is 17.3 Å². The maximum atomic E-state index is 9.87. The zero-order valence-electron chi connectivity index (χ0n) is 7.09. The van der Waals surface area contributed by atoms with E-state index in [9.17, 15) is 5.11 Å². The fourth-order valence-electron chi connectivity index (χ4n) is 2.21. The van der Waals surface area contributed by atoms with Gasteiger partial charge in [0, 0.05) is 12.0 Å². The van der Waals surface area contributed by atoms with Crippen molar-refractivity contribution in [2.24, 2.45) is 23.0 Å². The summed E-state index contributed by atoms with van der Waals surface area (Å²) in [6, 6.07) is 0. The van der Waals surface area contributed by atoms with Crippen molar-refractivity contribution < 1.29 is 5.11 Å². The Labute approximate surface area is 67.8 Å². The molecule has 0 spiro atoms. The van der Waals surface area contributed by atoms with Gasteiger partial charge in [0.05, 0.1) is 6.10 Å². The fraction of sp³-hybridized carbons (Fsp3) is 1.00. The van der Waals surface area contributed by atoms with Crippen LogP contribution in [0.2, 0.25) is 0 Å². The van der Waals surface area contributed by atoms with Gasteiger partial charge in [0.1, 0.15) is 0 Å². The molecule has 0 aromatic heterocycles. The molecule has 0 amide bonds. The van der Waals surface area contributed by atoms with Crippen LogP contribution >= 0.6 is 0 Å². The Hall–Kier alpha value is -0.0800. The summed E-state index contributed by atoms with van der Waals surface area (Å²) in [7, 11) is 0. The lowest BCUT2D eigenvalue weighted by atomic mass is 9.93. The first-order valence-electron chi connectivity index (χ1n) is 4.59. The molecule has 2 rings (SSSR count). The van der Waals surface area contributed by atoms with Gasteiger partial charge in [0.15, 0.2) is 0 Å². The van der Waals surface area contributed by atoms with Crippen LogP contribution in [-0.2, 0) is 0 Å². The molecule has 0 saturated heterocycles. The molecule has 2 nitrogen and oxygen atoms in total. The van der Waals surface area contributed by atoms with E-state index < -0.39 is 0 Å². The average molecular weight is 155 g/mol. The standard InChI is InChI=1S/C9H17NO/c1-6-4-9(6,5-10)8(11)7-2-3-7/h6-8,11H,2-5,10H2,1H3/t6-,8-,9-/m0/s1. The molecule has 0 aromatic rings. The number of hydrogen-bond acceptors (Lipinski definition) is 2. The molecule has 0 unspecified atom stereocenters. The fourth-order valence-corrected chi connectivity index (χ4v) is 2.21. The van der Waals surface area contributed by atoms with Crippen LogP contribution in [-0.4, -0.2) is 17.8 Å². The van der Waals surface area contributed by atoms with E-state index in [0.717, 1.165) is 6.42 Å². The summed E-state index contributed by atoms with van der Waals surface area (Å²) in [6.45, 7) is 2.87. The Bertz CT molecular complexity index is 163. The number of hydrogen-bond donors (Lipinski definition) is 2. The lowest BCUT2D eigenvalue weighted by Crippen LogP contribution is -2.32. The Morgan fingerprint density at radius 1 is 1.64 bits per heavy atom. The highest BCUT2D eigenvalue weighted by Crippen LogP contribution is 2.58. The predicted molar refractivity (Wildman–Crippen MR) is 44.0 cm³/mol. The van der Waals surface area contributed by atoms with E-state index in [2.05, 4.69) is 6.92 Å². The van der Waals surface area contributed by atoms with E-state index in [1.165, 1.54) is 12.8 Å². The molecule has 2 aliphatic carbocycles. The minimum atomic E-state index is -0.0949. The van der Waals surface area contributed by atoms with Crippen molar-refractivity contribution in [2.45, 2.75) is 32.3 Å². The van der Waals surface area contributed by atoms with Crippen LogP contribution in [0.3, 0.4) is 0 Å². The summed E-state index contributed by atoms with van der Waals surface area (Å²) in [4.78, 5) is 0. The lowest BCUT2D eigenvalue weighted by Gasteiger charge is -2.21. The van der Waals surface area contributed by atoms with Gasteiger partial charge in [-0.1, -0.05) is 6.92 Å². The average Bonchev–Trinajstić information content (AvgIpc) is 2.80. The second kappa shape index (κ2) is 2.20. The smallest absolute Gasteiger partial charge is 0.0639 e. The summed E-state index contributed by atoms with van der Waals surface area (Å²) >= 11 is 0. The SMILES string of the molecule is C[C@H]1C[C@@]1(CN)[C@@H](O)C1CC1. The molecule has 64 valence electrons. The van der Waals surface area contributed by atoms with Gasteiger partial charge in [0.25, 0.3) is 0 Å². The second-order valence-corrected chi connectivity index (χ2v) is 4.32. The van der Waals surface area contributed by atoms with Gasteiger partial charge < -0.3 is 10.8 Å². The molecule has 0 aromatic carbocycles. The molecule has 0 radical (unpaired) electrons. The summed E-state index contributed by atoms with van der Waals surface area (Å²) in [6.07, 6.45) is 3.48. The van der Waals surface area contributed by atoms with Crippen molar-refractivity contribution in [3.8, 4) is 0 Å². The van der Waals surface area contributed by atoms with Gasteiger partial charge >= 0.3 is 0 Å². The van der Waals surface area contributed by atoms with Crippen molar-refractivity contribution >= 4 is 0 Å². The number of nitrogens with two attached hydrogens (primary N) is 1. The van der Waals surface area contributed by atoms with Crippen molar-refractivity contribution in [1.29, 1.82) is 0 Å². The highest BCUT2D eigenvalue weighted by molar-refractivity contribution is 5.08. The van der Waals surface area contributed by atoms with Crippen molar-refractivity contribution in [3.63, 3.8) is 0 Å². The quantitative estimate of drug-likeness (QED) is 0.631. The zero-order valence-corrected chi connectivity index (χ0v) is 7.09. The topological polar surface area (TPSA) is 46.2 Å². The number of aliphatic hydroxyl groups is 1. The molecule has 0 aliphatic heterocycles. The van der Waals surface area contributed by atoms with Crippen LogP contribution in [0.25, 0.3) is 0 Å². The molecular weight excluding hydrogens is 138 g/mol. The molecule has 3 N–H and O–H groups in total. The van der Waals surface area contributed by atoms with Gasteiger partial charge in [-0.2, -0.15) is 0 Å². The molecule has 0 heterocycles. The van der Waals surface area contributed by atoms with Gasteiger partial charge in [-0.3, -0.25) is 0 Å². The van der Waals surface area contributed by atoms with E-state index in [0.29, 0.717) is 18.4 Å². The number of rotatable bonds is 3. The Balaban J connectivity index is 2.00. The van der Waals surface area contributed by atoms with Gasteiger partial charge in [-0.15, -0.1) is 0 Å². The van der Waals surface area contributed by atoms with Gasteiger partial charge in [0.2, 0.25) is 0 Å². The van der Waals surface area contributed by atoms with E-state index in [1.807, 2.05) is 0 Å². The molecule has 3 atom stereocenters. The molecule has 2 fully saturated rings. The molecule has 2 aliphatic rings. The number of aliphatic hydroxyl groups excluding tert-OH is 1. The summed E-state index contributed by atoms with van der Waals surface area (Å²) in [5, 5.41) is 9.87. The Morgan fingerprint density at radius 2 is 2.18 bits per heavy atom. The highest BCUT2D eigenvalue weighted by Gasteiger charge is 2.58. The Kier molecular flexibility index (Phi) is 1.52. The Morgan fingerprint density at radius 3 is 2.45 bits per heavy atom. The van der Waals surface area contributed by atoms with E-state index >= 15 is 0 Å². The van der Waals surface area contributed by atoms with Crippen LogP contribution in [0.5, 0.6) is 0 Å². The van der Waals surface area contributed by atoms with Gasteiger partial charge in [-0.05, 0) is 31.1 Å². The highest BCUT2D eigenvalue weighted by atomic mass is 16.3. The maximum absolute atomic E-state index is 9.87. The first-order chi connectivity index (χ1) is 5.20. The first kappa shape index (κ1) is 7.56. The maximum Gasteiger partial charge on any atom is 0.0639 e. The molecule has 0 bridgehead atoms. The monoisotopic (exact) mass is 155 g/mol. The van der Waals surface area contributed by atoms with Crippen LogP contribution < -0.4 is 5.73 Å². The molecule has 11 heavy (non-hydrogen) atoms. The van der Waals surface area contributed by atoms with Crippen molar-refractivity contribution in [3.05, 3.63) is 0 Å².